The van der Waals surface area contributed by atoms with Gasteiger partial charge in [-0.3, -0.25) is 10.1 Å². The minimum absolute atomic E-state index is 0.128. The van der Waals surface area contributed by atoms with Crippen LogP contribution in [-0.4, -0.2) is 18.1 Å². The van der Waals surface area contributed by atoms with E-state index in [1.54, 1.807) is 0 Å². The first-order chi connectivity index (χ1) is 14.1. The summed E-state index contributed by atoms with van der Waals surface area (Å²) in [6.07, 6.45) is 1.21. The predicted octanol–water partition coefficient (Wildman–Crippen LogP) is 4.27. The first kappa shape index (κ1) is 17.6. The SMILES string of the molecule is Nc1ccc(Oc2ccc3c(c2)CCC[C@H]3[C@H]2OC(=O)NC2=O)c2ccccc12. The Morgan fingerprint density at radius 2 is 1.86 bits per heavy atom. The number of amides is 2. The monoisotopic (exact) mass is 388 g/mol. The second-order valence-corrected chi connectivity index (χ2v) is 7.48. The minimum Gasteiger partial charge on any atom is -0.457 e. The van der Waals surface area contributed by atoms with Crippen molar-refractivity contribution in [1.82, 2.24) is 5.32 Å². The Labute approximate surface area is 167 Å². The molecule has 1 fully saturated rings. The number of carbonyl (C=O) groups is 2. The number of rotatable bonds is 3. The lowest BCUT2D eigenvalue weighted by atomic mass is 9.79. The van der Waals surface area contributed by atoms with Crippen molar-refractivity contribution in [2.24, 2.45) is 0 Å². The van der Waals surface area contributed by atoms with Crippen molar-refractivity contribution in [3.63, 3.8) is 0 Å². The Hall–Kier alpha value is -3.54. The largest absolute Gasteiger partial charge is 0.457 e. The highest BCUT2D eigenvalue weighted by Gasteiger charge is 2.41. The van der Waals surface area contributed by atoms with E-state index in [0.717, 1.165) is 52.7 Å². The van der Waals surface area contributed by atoms with Gasteiger partial charge in [-0.1, -0.05) is 30.3 Å². The molecule has 0 bridgehead atoms. The number of benzene rings is 3. The van der Waals surface area contributed by atoms with Crippen LogP contribution in [0.1, 0.15) is 29.9 Å². The summed E-state index contributed by atoms with van der Waals surface area (Å²) in [4.78, 5) is 23.5. The van der Waals surface area contributed by atoms with E-state index in [-0.39, 0.29) is 11.8 Å². The van der Waals surface area contributed by atoms with Gasteiger partial charge in [-0.15, -0.1) is 0 Å². The van der Waals surface area contributed by atoms with Crippen molar-refractivity contribution in [2.75, 3.05) is 5.73 Å². The molecule has 6 nitrogen and oxygen atoms in total. The molecule has 0 saturated carbocycles. The number of fused-ring (bicyclic) bond motifs is 2. The number of anilines is 1. The standard InChI is InChI=1S/C23H20N2O4/c24-19-10-11-20(17-6-2-1-5-16(17)19)28-14-8-9-15-13(12-14)4-3-7-18(15)21-22(26)25-23(27)29-21/h1-2,5-6,8-12,18,21H,3-4,7,24H2,(H,25,26,27)/t18-,21-/m1/s1. The van der Waals surface area contributed by atoms with Gasteiger partial charge < -0.3 is 15.2 Å². The molecule has 1 aliphatic carbocycles. The van der Waals surface area contributed by atoms with E-state index in [4.69, 9.17) is 15.2 Å². The number of ether oxygens (including phenoxy) is 2. The van der Waals surface area contributed by atoms with Crippen molar-refractivity contribution in [3.8, 4) is 11.5 Å². The van der Waals surface area contributed by atoms with Crippen molar-refractivity contribution in [3.05, 3.63) is 65.7 Å². The molecule has 1 aliphatic heterocycles. The molecule has 3 N–H and O–H groups in total. The molecule has 5 rings (SSSR count). The van der Waals surface area contributed by atoms with E-state index in [1.165, 1.54) is 0 Å². The molecule has 2 atom stereocenters. The molecule has 2 aliphatic rings. The Morgan fingerprint density at radius 3 is 2.66 bits per heavy atom. The number of hydrogen-bond donors (Lipinski definition) is 2. The lowest BCUT2D eigenvalue weighted by Crippen LogP contribution is -2.31. The topological polar surface area (TPSA) is 90.7 Å². The first-order valence-electron chi connectivity index (χ1n) is 9.69. The summed E-state index contributed by atoms with van der Waals surface area (Å²) in [6, 6.07) is 17.5. The van der Waals surface area contributed by atoms with E-state index in [9.17, 15) is 9.59 Å². The lowest BCUT2D eigenvalue weighted by molar-refractivity contribution is -0.124. The number of nitrogens with two attached hydrogens (primary N) is 1. The molecule has 0 spiro atoms. The van der Waals surface area contributed by atoms with Gasteiger partial charge in [0, 0.05) is 22.4 Å². The molecule has 29 heavy (non-hydrogen) atoms. The Morgan fingerprint density at radius 1 is 1.03 bits per heavy atom. The number of hydrogen-bond acceptors (Lipinski definition) is 5. The molecular formula is C23H20N2O4. The smallest absolute Gasteiger partial charge is 0.414 e. The number of carbonyl (C=O) groups excluding carboxylic acids is 2. The van der Waals surface area contributed by atoms with E-state index in [0.29, 0.717) is 5.69 Å². The molecule has 1 saturated heterocycles. The number of imide groups is 1. The summed E-state index contributed by atoms with van der Waals surface area (Å²) in [6.45, 7) is 0. The average molecular weight is 388 g/mol. The van der Waals surface area contributed by atoms with Gasteiger partial charge in [-0.2, -0.15) is 0 Å². The van der Waals surface area contributed by atoms with Crippen LogP contribution in [-0.2, 0) is 16.0 Å². The molecule has 0 radical (unpaired) electrons. The molecular weight excluding hydrogens is 368 g/mol. The molecule has 6 heteroatoms. The molecule has 3 aromatic rings. The van der Waals surface area contributed by atoms with Crippen LogP contribution in [0.3, 0.4) is 0 Å². The van der Waals surface area contributed by atoms with Crippen LogP contribution in [0.4, 0.5) is 10.5 Å². The maximum absolute atomic E-state index is 12.1. The third-order valence-corrected chi connectivity index (χ3v) is 5.70. The van der Waals surface area contributed by atoms with E-state index >= 15 is 0 Å². The van der Waals surface area contributed by atoms with Crippen LogP contribution >= 0.6 is 0 Å². The normalized spacial score (nSPS) is 20.8. The highest BCUT2D eigenvalue weighted by molar-refractivity contribution is 6.00. The van der Waals surface area contributed by atoms with Crippen LogP contribution in [0.2, 0.25) is 0 Å². The van der Waals surface area contributed by atoms with Crippen LogP contribution < -0.4 is 15.8 Å². The fourth-order valence-electron chi connectivity index (χ4n) is 4.35. The number of nitrogens with one attached hydrogen (secondary N) is 1. The Balaban J connectivity index is 1.47. The van der Waals surface area contributed by atoms with Crippen LogP contribution in [0.5, 0.6) is 11.5 Å². The van der Waals surface area contributed by atoms with E-state index in [2.05, 4.69) is 5.32 Å². The molecule has 2 amide bonds. The predicted molar refractivity (Wildman–Crippen MR) is 109 cm³/mol. The quantitative estimate of drug-likeness (QED) is 0.654. The van der Waals surface area contributed by atoms with E-state index < -0.39 is 12.2 Å². The molecule has 1 heterocycles. The summed E-state index contributed by atoms with van der Waals surface area (Å²) in [5, 5.41) is 4.14. The van der Waals surface area contributed by atoms with Gasteiger partial charge in [0.2, 0.25) is 0 Å². The van der Waals surface area contributed by atoms with Crippen LogP contribution in [0.25, 0.3) is 10.8 Å². The summed E-state index contributed by atoms with van der Waals surface area (Å²) >= 11 is 0. The summed E-state index contributed by atoms with van der Waals surface area (Å²) in [5.74, 6) is 0.983. The zero-order valence-electron chi connectivity index (χ0n) is 15.7. The summed E-state index contributed by atoms with van der Waals surface area (Å²) < 4.78 is 11.4. The molecule has 0 aromatic heterocycles. The van der Waals surface area contributed by atoms with Gasteiger partial charge in [0.1, 0.15) is 11.5 Å². The van der Waals surface area contributed by atoms with Gasteiger partial charge in [0.05, 0.1) is 0 Å². The minimum atomic E-state index is -0.755. The maximum atomic E-state index is 12.1. The maximum Gasteiger partial charge on any atom is 0.414 e. The van der Waals surface area contributed by atoms with Crippen molar-refractivity contribution in [1.29, 1.82) is 0 Å². The van der Waals surface area contributed by atoms with Crippen LogP contribution in [0.15, 0.2) is 54.6 Å². The second kappa shape index (κ2) is 6.81. The highest BCUT2D eigenvalue weighted by atomic mass is 16.6. The number of alkyl carbamates (subject to hydrolysis) is 1. The van der Waals surface area contributed by atoms with Gasteiger partial charge in [-0.25, -0.2) is 4.79 Å². The highest BCUT2D eigenvalue weighted by Crippen LogP contribution is 2.39. The Bertz CT molecular complexity index is 1140. The third-order valence-electron chi connectivity index (χ3n) is 5.70. The van der Waals surface area contributed by atoms with Crippen molar-refractivity contribution < 1.29 is 19.1 Å². The van der Waals surface area contributed by atoms with Crippen LogP contribution in [0, 0.1) is 0 Å². The molecule has 146 valence electrons. The fraction of sp³-hybridized carbons (Fsp3) is 0.217. The lowest BCUT2D eigenvalue weighted by Gasteiger charge is -2.28. The van der Waals surface area contributed by atoms with E-state index in [1.807, 2.05) is 54.6 Å². The number of nitrogen functional groups attached to an aromatic ring is 1. The van der Waals surface area contributed by atoms with Gasteiger partial charge in [0.25, 0.3) is 5.91 Å². The van der Waals surface area contributed by atoms with Crippen molar-refractivity contribution in [2.45, 2.75) is 31.3 Å². The third kappa shape index (κ3) is 3.06. The number of aryl methyl sites for hydroxylation is 1. The summed E-state index contributed by atoms with van der Waals surface area (Å²) in [7, 11) is 0. The average Bonchev–Trinajstić information content (AvgIpc) is 3.07. The fourth-order valence-corrected chi connectivity index (χ4v) is 4.35. The molecule has 0 unspecified atom stereocenters. The summed E-state index contributed by atoms with van der Waals surface area (Å²) in [5.41, 5.74) is 8.96. The zero-order valence-corrected chi connectivity index (χ0v) is 15.7. The number of cyclic esters (lactones) is 1. The van der Waals surface area contributed by atoms with Gasteiger partial charge in [0.15, 0.2) is 6.10 Å². The van der Waals surface area contributed by atoms with Gasteiger partial charge in [-0.05, 0) is 54.7 Å². The zero-order chi connectivity index (χ0) is 20.0. The first-order valence-corrected chi connectivity index (χ1v) is 9.69. The second-order valence-electron chi connectivity index (χ2n) is 7.48. The molecule has 3 aromatic carbocycles. The van der Waals surface area contributed by atoms with Crippen molar-refractivity contribution >= 4 is 28.5 Å². The van der Waals surface area contributed by atoms with Gasteiger partial charge >= 0.3 is 6.09 Å². The Kier molecular flexibility index (Phi) is 4.12.